The van der Waals surface area contributed by atoms with E-state index in [2.05, 4.69) is 20.6 Å². The number of fused-ring (bicyclic) bond motifs is 1. The van der Waals surface area contributed by atoms with Crippen LogP contribution in [-0.4, -0.2) is 29.5 Å². The zero-order valence-electron chi connectivity index (χ0n) is 18.7. The molecule has 162 valence electrons. The van der Waals surface area contributed by atoms with Gasteiger partial charge in [0.05, 0.1) is 6.54 Å². The van der Waals surface area contributed by atoms with E-state index in [0.717, 1.165) is 11.1 Å². The van der Waals surface area contributed by atoms with Gasteiger partial charge in [-0.15, -0.1) is 0 Å². The van der Waals surface area contributed by atoms with E-state index in [-0.39, 0.29) is 12.5 Å². The molecule has 0 saturated heterocycles. The minimum absolute atomic E-state index is 0.138. The summed E-state index contributed by atoms with van der Waals surface area (Å²) in [6, 6.07) is 7.81. The third-order valence-electron chi connectivity index (χ3n) is 3.66. The normalized spacial score (nSPS) is 11.3. The van der Waals surface area contributed by atoms with Crippen LogP contribution in [0.25, 0.3) is 0 Å². The van der Waals surface area contributed by atoms with Crippen molar-refractivity contribution < 1.29 is 4.79 Å². The summed E-state index contributed by atoms with van der Waals surface area (Å²) in [6.07, 6.45) is 0. The zero-order chi connectivity index (χ0) is 22.4. The number of carbonyl (C=O) groups is 1. The molecule has 0 spiro atoms. The van der Waals surface area contributed by atoms with E-state index in [4.69, 9.17) is 5.73 Å². The van der Waals surface area contributed by atoms with Gasteiger partial charge >= 0.3 is 5.69 Å². The number of H-pyrrole nitrogens is 1. The minimum atomic E-state index is -0.468. The van der Waals surface area contributed by atoms with E-state index in [1.54, 1.807) is 11.9 Å². The molecular weight excluding hydrogens is 368 g/mol. The van der Waals surface area contributed by atoms with Crippen molar-refractivity contribution in [1.82, 2.24) is 9.97 Å². The first-order chi connectivity index (χ1) is 14.1. The van der Waals surface area contributed by atoms with Crippen LogP contribution in [0.4, 0.5) is 17.3 Å². The lowest BCUT2D eigenvalue weighted by Crippen LogP contribution is -2.40. The van der Waals surface area contributed by atoms with Crippen LogP contribution in [0.2, 0.25) is 0 Å². The van der Waals surface area contributed by atoms with Gasteiger partial charge < -0.3 is 21.3 Å². The molecule has 29 heavy (non-hydrogen) atoms. The van der Waals surface area contributed by atoms with Crippen LogP contribution in [0.15, 0.2) is 29.1 Å². The molecule has 8 nitrogen and oxygen atoms in total. The summed E-state index contributed by atoms with van der Waals surface area (Å²) >= 11 is 0. The Balaban J connectivity index is 0.00000120. The fraction of sp³-hybridized carbons (Fsp3) is 0.476. The van der Waals surface area contributed by atoms with Crippen LogP contribution in [0.1, 0.15) is 52.7 Å². The molecular formula is C21H36N6O2. The molecule has 0 bridgehead atoms. The third-order valence-corrected chi connectivity index (χ3v) is 3.66. The number of benzene rings is 1. The first-order valence-corrected chi connectivity index (χ1v) is 10.3. The lowest BCUT2D eigenvalue weighted by atomic mass is 10.1. The Morgan fingerprint density at radius 1 is 1.10 bits per heavy atom. The molecule has 0 fully saturated rings. The van der Waals surface area contributed by atoms with Gasteiger partial charge in [-0.2, -0.15) is 4.98 Å². The SMILES string of the molecule is CC.CC.CC.CNc1[nH]c(=O)nc2c1NC(=O)CN2Cc1cccc(CN)c1. The highest BCUT2D eigenvalue weighted by molar-refractivity contribution is 6.03. The number of nitrogens with one attached hydrogen (secondary N) is 3. The monoisotopic (exact) mass is 404 g/mol. The predicted molar refractivity (Wildman–Crippen MR) is 122 cm³/mol. The summed E-state index contributed by atoms with van der Waals surface area (Å²) in [4.78, 5) is 32.1. The van der Waals surface area contributed by atoms with Gasteiger partial charge in [-0.3, -0.25) is 9.78 Å². The van der Waals surface area contributed by atoms with Crippen molar-refractivity contribution >= 4 is 23.2 Å². The van der Waals surface area contributed by atoms with Crippen molar-refractivity contribution in [3.05, 3.63) is 45.9 Å². The molecule has 0 aliphatic carbocycles. The maximum absolute atomic E-state index is 12.0. The number of anilines is 3. The fourth-order valence-corrected chi connectivity index (χ4v) is 2.63. The van der Waals surface area contributed by atoms with Crippen molar-refractivity contribution in [1.29, 1.82) is 0 Å². The molecule has 0 saturated carbocycles. The second-order valence-corrected chi connectivity index (χ2v) is 5.29. The number of amides is 1. The van der Waals surface area contributed by atoms with E-state index < -0.39 is 5.69 Å². The molecule has 0 atom stereocenters. The van der Waals surface area contributed by atoms with Gasteiger partial charge in [0.2, 0.25) is 5.91 Å². The summed E-state index contributed by atoms with van der Waals surface area (Å²) < 4.78 is 0. The Bertz CT molecular complexity index is 804. The number of nitrogens with two attached hydrogens (primary N) is 1. The summed E-state index contributed by atoms with van der Waals surface area (Å²) in [7, 11) is 1.67. The summed E-state index contributed by atoms with van der Waals surface area (Å²) in [5.74, 6) is 0.738. The maximum atomic E-state index is 12.0. The van der Waals surface area contributed by atoms with Crippen LogP contribution in [-0.2, 0) is 17.9 Å². The summed E-state index contributed by atoms with van der Waals surface area (Å²) in [5.41, 5.74) is 7.70. The van der Waals surface area contributed by atoms with E-state index >= 15 is 0 Å². The van der Waals surface area contributed by atoms with Crippen molar-refractivity contribution in [2.45, 2.75) is 54.6 Å². The van der Waals surface area contributed by atoms with Crippen molar-refractivity contribution in [2.24, 2.45) is 5.73 Å². The molecule has 2 aromatic rings. The predicted octanol–water partition coefficient (Wildman–Crippen LogP) is 3.31. The molecule has 1 aliphatic heterocycles. The first kappa shape index (κ1) is 26.1. The molecule has 1 aromatic heterocycles. The molecule has 3 rings (SSSR count). The van der Waals surface area contributed by atoms with Gasteiger partial charge in [0.1, 0.15) is 11.5 Å². The second kappa shape index (κ2) is 14.2. The molecule has 8 heteroatoms. The number of hydrogen-bond acceptors (Lipinski definition) is 6. The number of hydrogen-bond donors (Lipinski definition) is 4. The van der Waals surface area contributed by atoms with Crippen molar-refractivity contribution in [3.63, 3.8) is 0 Å². The molecule has 1 amide bonds. The van der Waals surface area contributed by atoms with Crippen molar-refractivity contribution in [3.8, 4) is 0 Å². The Morgan fingerprint density at radius 3 is 2.31 bits per heavy atom. The quantitative estimate of drug-likeness (QED) is 0.621. The first-order valence-electron chi connectivity index (χ1n) is 10.3. The van der Waals surface area contributed by atoms with Gasteiger partial charge in [0, 0.05) is 20.1 Å². The van der Waals surface area contributed by atoms with Gasteiger partial charge in [0.15, 0.2) is 5.82 Å². The van der Waals surface area contributed by atoms with Gasteiger partial charge in [-0.25, -0.2) is 4.79 Å². The van der Waals surface area contributed by atoms with E-state index in [0.29, 0.717) is 30.4 Å². The Labute approximate surface area is 173 Å². The van der Waals surface area contributed by atoms with Crippen LogP contribution in [0.5, 0.6) is 0 Å². The highest BCUT2D eigenvalue weighted by Crippen LogP contribution is 2.32. The van der Waals surface area contributed by atoms with E-state index in [1.165, 1.54) is 0 Å². The van der Waals surface area contributed by atoms with Crippen LogP contribution in [0.3, 0.4) is 0 Å². The average molecular weight is 405 g/mol. The Hall–Kier alpha value is -2.87. The van der Waals surface area contributed by atoms with Gasteiger partial charge in [-0.1, -0.05) is 65.8 Å². The average Bonchev–Trinajstić information content (AvgIpc) is 2.78. The van der Waals surface area contributed by atoms with E-state index in [9.17, 15) is 9.59 Å². The summed E-state index contributed by atoms with van der Waals surface area (Å²) in [6.45, 7) is 13.1. The standard InChI is InChI=1S/C15H18N6O2.3C2H6/c1-17-13-12-14(20-15(23)19-13)21(8-11(22)18-12)7-10-4-2-3-9(5-10)6-16;3*1-2/h2-5H,6-8,16H2,1H3,(H,18,22)(H2,17,19,20,23);3*1-2H3. The van der Waals surface area contributed by atoms with Crippen molar-refractivity contribution in [2.75, 3.05) is 29.1 Å². The number of nitrogens with zero attached hydrogens (tertiary/aromatic N) is 2. The Kier molecular flexibility index (Phi) is 12.8. The van der Waals surface area contributed by atoms with Crippen LogP contribution >= 0.6 is 0 Å². The topological polar surface area (TPSA) is 116 Å². The highest BCUT2D eigenvalue weighted by Gasteiger charge is 2.26. The minimum Gasteiger partial charge on any atom is -0.373 e. The Morgan fingerprint density at radius 2 is 1.72 bits per heavy atom. The van der Waals surface area contributed by atoms with Gasteiger partial charge in [-0.05, 0) is 11.1 Å². The number of carbonyl (C=O) groups excluding carboxylic acids is 1. The molecule has 0 unspecified atom stereocenters. The lowest BCUT2D eigenvalue weighted by molar-refractivity contribution is -0.115. The molecule has 0 radical (unpaired) electrons. The number of aromatic amines is 1. The fourth-order valence-electron chi connectivity index (χ4n) is 2.63. The number of rotatable bonds is 4. The third kappa shape index (κ3) is 7.23. The summed E-state index contributed by atoms with van der Waals surface area (Å²) in [5, 5.41) is 5.61. The lowest BCUT2D eigenvalue weighted by Gasteiger charge is -2.30. The maximum Gasteiger partial charge on any atom is 0.348 e. The van der Waals surface area contributed by atoms with Crippen LogP contribution in [0, 0.1) is 0 Å². The second-order valence-electron chi connectivity index (χ2n) is 5.29. The largest absolute Gasteiger partial charge is 0.373 e. The van der Waals surface area contributed by atoms with E-state index in [1.807, 2.05) is 65.8 Å². The van der Waals surface area contributed by atoms with Gasteiger partial charge in [0.25, 0.3) is 0 Å². The molecule has 1 aromatic carbocycles. The zero-order valence-corrected chi connectivity index (χ0v) is 18.7. The molecule has 2 heterocycles. The molecule has 1 aliphatic rings. The van der Waals surface area contributed by atoms with Crippen LogP contribution < -0.4 is 27.0 Å². The molecule has 5 N–H and O–H groups in total. The highest BCUT2D eigenvalue weighted by atomic mass is 16.2. The number of aromatic nitrogens is 2. The smallest absolute Gasteiger partial charge is 0.348 e.